The second-order valence-corrected chi connectivity index (χ2v) is 8.74. The molecule has 0 unspecified atom stereocenters. The average Bonchev–Trinajstić information content (AvgIpc) is 2.78. The molecule has 1 aliphatic rings. The predicted molar refractivity (Wildman–Crippen MR) is 128 cm³/mol. The Morgan fingerprint density at radius 2 is 1.62 bits per heavy atom. The number of rotatable bonds is 7. The zero-order chi connectivity index (χ0) is 22.9. The largest absolute Gasteiger partial charge is 0.323 e. The van der Waals surface area contributed by atoms with E-state index in [0.717, 1.165) is 5.56 Å². The van der Waals surface area contributed by atoms with Crippen molar-refractivity contribution in [1.82, 2.24) is 14.5 Å². The Morgan fingerprint density at radius 1 is 1.00 bits per heavy atom. The summed E-state index contributed by atoms with van der Waals surface area (Å²) in [7, 11) is 0. The number of aromatic nitrogens is 2. The summed E-state index contributed by atoms with van der Waals surface area (Å²) < 4.78 is 1.64. The smallest absolute Gasteiger partial charge is 0.262 e. The quantitative estimate of drug-likeness (QED) is 0.500. The Hall–Kier alpha value is -3.47. The average molecular weight is 428 g/mol. The zero-order valence-electron chi connectivity index (χ0n) is 18.7. The summed E-state index contributed by atoms with van der Waals surface area (Å²) in [6.45, 7) is 12.3. The summed E-state index contributed by atoms with van der Waals surface area (Å²) >= 11 is 0. The van der Waals surface area contributed by atoms with Gasteiger partial charge in [-0.1, -0.05) is 68.5 Å². The fourth-order valence-corrected chi connectivity index (χ4v) is 4.88. The number of nitrogens with zero attached hydrogens (tertiary/aromatic N) is 3. The van der Waals surface area contributed by atoms with Gasteiger partial charge in [-0.3, -0.25) is 14.2 Å². The number of carbonyl (C=O) groups is 1. The van der Waals surface area contributed by atoms with Crippen molar-refractivity contribution in [1.29, 1.82) is 0 Å². The first kappa shape index (κ1) is 21.8. The van der Waals surface area contributed by atoms with Crippen molar-refractivity contribution in [3.8, 4) is 0 Å². The van der Waals surface area contributed by atoms with E-state index in [1.807, 2.05) is 67.3 Å². The van der Waals surface area contributed by atoms with Crippen LogP contribution in [-0.4, -0.2) is 20.4 Å². The molecular weight excluding hydrogens is 398 g/mol. The minimum absolute atomic E-state index is 0.0702. The maximum Gasteiger partial charge on any atom is 0.262 e. The Balaban J connectivity index is 2.07. The summed E-state index contributed by atoms with van der Waals surface area (Å²) in [5.41, 5.74) is 0.648. The van der Waals surface area contributed by atoms with E-state index >= 15 is 0 Å². The lowest BCUT2D eigenvalue weighted by Gasteiger charge is -2.50. The lowest BCUT2D eigenvalue weighted by Crippen LogP contribution is -2.60. The van der Waals surface area contributed by atoms with Gasteiger partial charge in [0.15, 0.2) is 0 Å². The Bertz CT molecular complexity index is 1220. The molecule has 0 fully saturated rings. The molecular formula is C27H29N3O2. The molecule has 32 heavy (non-hydrogen) atoms. The molecule has 5 heteroatoms. The molecule has 1 atom stereocenters. The highest BCUT2D eigenvalue weighted by Crippen LogP contribution is 2.44. The van der Waals surface area contributed by atoms with Gasteiger partial charge in [-0.05, 0) is 36.5 Å². The maximum absolute atomic E-state index is 14.1. The van der Waals surface area contributed by atoms with Gasteiger partial charge >= 0.3 is 0 Å². The van der Waals surface area contributed by atoms with Gasteiger partial charge in [-0.15, -0.1) is 13.2 Å². The molecule has 1 aromatic heterocycles. The highest BCUT2D eigenvalue weighted by atomic mass is 16.2. The maximum atomic E-state index is 14.1. The Kier molecular flexibility index (Phi) is 5.83. The van der Waals surface area contributed by atoms with Crippen LogP contribution in [-0.2, 0) is 16.9 Å². The van der Waals surface area contributed by atoms with Crippen LogP contribution >= 0.6 is 0 Å². The SMILES string of the molecule is C=CCC1(CC=C)c2nc3ccccc3c(=O)n2[C@@H](C(C)C)C(=O)N1Cc1ccccc1. The van der Waals surface area contributed by atoms with Crippen molar-refractivity contribution in [2.45, 2.75) is 44.8 Å². The van der Waals surface area contributed by atoms with Crippen molar-refractivity contribution in [2.75, 3.05) is 0 Å². The fraction of sp³-hybridized carbons (Fsp3) is 0.296. The molecule has 5 nitrogen and oxygen atoms in total. The molecule has 2 aromatic carbocycles. The first-order valence-corrected chi connectivity index (χ1v) is 11.0. The van der Waals surface area contributed by atoms with Gasteiger partial charge in [0, 0.05) is 6.54 Å². The van der Waals surface area contributed by atoms with Crippen LogP contribution in [0, 0.1) is 5.92 Å². The van der Waals surface area contributed by atoms with E-state index in [2.05, 4.69) is 13.2 Å². The van der Waals surface area contributed by atoms with Crippen molar-refractivity contribution in [2.24, 2.45) is 5.92 Å². The van der Waals surface area contributed by atoms with Crippen molar-refractivity contribution in [3.05, 3.63) is 102 Å². The molecule has 0 bridgehead atoms. The molecule has 2 heterocycles. The third kappa shape index (κ3) is 3.38. The minimum atomic E-state index is -0.842. The molecule has 4 rings (SSSR count). The van der Waals surface area contributed by atoms with Crippen molar-refractivity contribution >= 4 is 16.8 Å². The molecule has 0 aliphatic carbocycles. The van der Waals surface area contributed by atoms with Crippen molar-refractivity contribution < 1.29 is 4.79 Å². The van der Waals surface area contributed by atoms with E-state index < -0.39 is 11.6 Å². The lowest BCUT2D eigenvalue weighted by atomic mass is 9.82. The molecule has 0 saturated carbocycles. The van der Waals surface area contributed by atoms with Crippen LogP contribution in [0.4, 0.5) is 0 Å². The Labute approximate surface area is 188 Å². The molecule has 3 aromatic rings. The number of hydrogen-bond acceptors (Lipinski definition) is 3. The van der Waals surface area contributed by atoms with Crippen LogP contribution in [0.5, 0.6) is 0 Å². The molecule has 1 aliphatic heterocycles. The first-order valence-electron chi connectivity index (χ1n) is 11.0. The molecule has 0 radical (unpaired) electrons. The zero-order valence-corrected chi connectivity index (χ0v) is 18.7. The van der Waals surface area contributed by atoms with Crippen LogP contribution in [0.1, 0.15) is 44.1 Å². The standard InChI is InChI=1S/C27H29N3O2/c1-5-16-27(17-6-2)26-28-22-15-11-10-14-21(22)24(31)30(26)23(19(3)4)25(32)29(27)18-20-12-8-7-9-13-20/h5-15,19,23H,1-2,16-18H2,3-4H3/t23-/m0/s1. The highest BCUT2D eigenvalue weighted by Gasteiger charge is 2.51. The molecule has 164 valence electrons. The van der Waals surface area contributed by atoms with Gasteiger partial charge in [-0.25, -0.2) is 4.98 Å². The molecule has 1 amide bonds. The van der Waals surface area contributed by atoms with Crippen LogP contribution in [0.15, 0.2) is 84.7 Å². The van der Waals surface area contributed by atoms with E-state index in [1.165, 1.54) is 0 Å². The van der Waals surface area contributed by atoms with Crippen molar-refractivity contribution in [3.63, 3.8) is 0 Å². The van der Waals surface area contributed by atoms with E-state index in [0.29, 0.717) is 36.1 Å². The highest BCUT2D eigenvalue weighted by molar-refractivity contribution is 5.85. The van der Waals surface area contributed by atoms with Gasteiger partial charge in [-0.2, -0.15) is 0 Å². The summed E-state index contributed by atoms with van der Waals surface area (Å²) in [4.78, 5) is 34.6. The van der Waals surface area contributed by atoms with Crippen LogP contribution in [0.2, 0.25) is 0 Å². The van der Waals surface area contributed by atoms with Gasteiger partial charge in [0.1, 0.15) is 17.4 Å². The summed E-state index contributed by atoms with van der Waals surface area (Å²) in [6, 6.07) is 16.6. The van der Waals surface area contributed by atoms with Gasteiger partial charge in [0.2, 0.25) is 5.91 Å². The number of benzene rings is 2. The van der Waals surface area contributed by atoms with E-state index in [-0.39, 0.29) is 17.4 Å². The fourth-order valence-electron chi connectivity index (χ4n) is 4.88. The third-order valence-electron chi connectivity index (χ3n) is 6.32. The minimum Gasteiger partial charge on any atom is -0.323 e. The summed E-state index contributed by atoms with van der Waals surface area (Å²) in [5, 5.41) is 0.525. The Morgan fingerprint density at radius 3 is 2.25 bits per heavy atom. The van der Waals surface area contributed by atoms with E-state index in [9.17, 15) is 9.59 Å². The molecule has 0 spiro atoms. The number of para-hydroxylation sites is 1. The van der Waals surface area contributed by atoms with Crippen LogP contribution in [0.25, 0.3) is 10.9 Å². The second-order valence-electron chi connectivity index (χ2n) is 8.74. The van der Waals surface area contributed by atoms with Crippen LogP contribution in [0.3, 0.4) is 0 Å². The molecule has 0 saturated heterocycles. The van der Waals surface area contributed by atoms with Gasteiger partial charge in [0.05, 0.1) is 10.9 Å². The number of amides is 1. The lowest BCUT2D eigenvalue weighted by molar-refractivity contribution is -0.149. The number of hydrogen-bond donors (Lipinski definition) is 0. The number of carbonyl (C=O) groups excluding carboxylic acids is 1. The summed E-state index contributed by atoms with van der Waals surface area (Å²) in [6.07, 6.45) is 4.53. The van der Waals surface area contributed by atoms with E-state index in [1.54, 1.807) is 22.8 Å². The normalized spacial score (nSPS) is 17.4. The second kappa shape index (κ2) is 8.58. The monoisotopic (exact) mass is 427 g/mol. The third-order valence-corrected chi connectivity index (χ3v) is 6.32. The predicted octanol–water partition coefficient (Wildman–Crippen LogP) is 4.98. The number of fused-ring (bicyclic) bond motifs is 2. The van der Waals surface area contributed by atoms with Crippen LogP contribution < -0.4 is 5.56 Å². The van der Waals surface area contributed by atoms with E-state index in [4.69, 9.17) is 4.98 Å². The first-order chi connectivity index (χ1) is 15.4. The van der Waals surface area contributed by atoms with Gasteiger partial charge in [0.25, 0.3) is 5.56 Å². The topological polar surface area (TPSA) is 55.2 Å². The van der Waals surface area contributed by atoms with Gasteiger partial charge < -0.3 is 4.90 Å². The summed E-state index contributed by atoms with van der Waals surface area (Å²) in [5.74, 6) is 0.458. The molecule has 0 N–H and O–H groups in total.